The summed E-state index contributed by atoms with van der Waals surface area (Å²) < 4.78 is 15.8. The van der Waals surface area contributed by atoms with Gasteiger partial charge in [0.05, 0.1) is 11.9 Å². The minimum Gasteiger partial charge on any atom is -0.453 e. The molecule has 1 rings (SSSR count). The van der Waals surface area contributed by atoms with Crippen LogP contribution in [0.1, 0.15) is 13.8 Å². The third-order valence-corrected chi connectivity index (χ3v) is 4.08. The number of ether oxygens (including phenoxy) is 1. The van der Waals surface area contributed by atoms with Gasteiger partial charge in [-0.2, -0.15) is 0 Å². The fourth-order valence-electron chi connectivity index (χ4n) is 1.37. The molecule has 1 saturated heterocycles. The highest BCUT2D eigenvalue weighted by atomic mass is 32.2. The van der Waals surface area contributed by atoms with Gasteiger partial charge >= 0.3 is 6.09 Å². The van der Waals surface area contributed by atoms with E-state index in [4.69, 9.17) is 0 Å². The van der Waals surface area contributed by atoms with Gasteiger partial charge in [-0.3, -0.25) is 4.21 Å². The van der Waals surface area contributed by atoms with Gasteiger partial charge in [0.2, 0.25) is 0 Å². The molecule has 0 bridgehead atoms. The summed E-state index contributed by atoms with van der Waals surface area (Å²) in [7, 11) is 0.523. The van der Waals surface area contributed by atoms with Crippen LogP contribution in [-0.2, 0) is 15.5 Å². The van der Waals surface area contributed by atoms with Crippen molar-refractivity contribution < 1.29 is 13.7 Å². The van der Waals surface area contributed by atoms with Crippen molar-refractivity contribution in [2.75, 3.05) is 26.0 Å². The lowest BCUT2D eigenvalue weighted by Crippen LogP contribution is -2.52. The second-order valence-electron chi connectivity index (χ2n) is 3.70. The predicted molar refractivity (Wildman–Crippen MR) is 51.1 cm³/mol. The Bertz CT molecular complexity index is 240. The minimum atomic E-state index is -0.839. The summed E-state index contributed by atoms with van der Waals surface area (Å²) in [6, 6.07) is 0. The lowest BCUT2D eigenvalue weighted by molar-refractivity contribution is 0.121. The third-order valence-electron chi connectivity index (χ3n) is 2.17. The quantitative estimate of drug-likeness (QED) is 0.581. The zero-order valence-corrected chi connectivity index (χ0v) is 9.02. The Hall–Kier alpha value is -0.580. The van der Waals surface area contributed by atoms with Gasteiger partial charge in [-0.15, -0.1) is 0 Å². The summed E-state index contributed by atoms with van der Waals surface area (Å²) in [6.45, 7) is 4.84. The van der Waals surface area contributed by atoms with Crippen molar-refractivity contribution in [1.29, 1.82) is 0 Å². The van der Waals surface area contributed by atoms with Gasteiger partial charge < -0.3 is 9.64 Å². The molecule has 0 spiro atoms. The minimum absolute atomic E-state index is 0.313. The molecule has 0 aromatic carbocycles. The van der Waals surface area contributed by atoms with Crippen LogP contribution in [0.2, 0.25) is 0 Å². The van der Waals surface area contributed by atoms with Crippen molar-refractivity contribution in [3.8, 4) is 0 Å². The van der Waals surface area contributed by atoms with Crippen LogP contribution in [0.25, 0.3) is 0 Å². The number of nitrogens with zero attached hydrogens (tertiary/aromatic N) is 1. The Morgan fingerprint density at radius 2 is 2.15 bits per heavy atom. The van der Waals surface area contributed by atoms with E-state index >= 15 is 0 Å². The van der Waals surface area contributed by atoms with Gasteiger partial charge in [-0.1, -0.05) is 0 Å². The van der Waals surface area contributed by atoms with Crippen molar-refractivity contribution >= 4 is 16.9 Å². The van der Waals surface area contributed by atoms with E-state index in [2.05, 4.69) is 4.74 Å². The smallest absolute Gasteiger partial charge is 0.409 e. The van der Waals surface area contributed by atoms with Gasteiger partial charge in [0.1, 0.15) is 0 Å². The first-order valence-corrected chi connectivity index (χ1v) is 5.50. The lowest BCUT2D eigenvalue weighted by atomic mass is 10.2. The average molecular weight is 205 g/mol. The molecule has 0 saturated carbocycles. The zero-order valence-electron chi connectivity index (χ0n) is 8.20. The monoisotopic (exact) mass is 205 g/mol. The fourth-order valence-corrected chi connectivity index (χ4v) is 2.60. The SMILES string of the molecule is COC(=O)N1CCS(=O)C(C)(C)C1. The number of carbonyl (C=O) groups excluding carboxylic acids is 1. The molecular formula is C8H15NO3S. The number of rotatable bonds is 0. The summed E-state index contributed by atoms with van der Waals surface area (Å²) in [6.07, 6.45) is -0.329. The van der Waals surface area contributed by atoms with Crippen molar-refractivity contribution in [3.63, 3.8) is 0 Å². The van der Waals surface area contributed by atoms with Gasteiger partial charge in [0.25, 0.3) is 0 Å². The molecule has 1 heterocycles. The number of carbonyl (C=O) groups is 1. The van der Waals surface area contributed by atoms with Crippen LogP contribution in [0.15, 0.2) is 0 Å². The highest BCUT2D eigenvalue weighted by Gasteiger charge is 2.35. The van der Waals surface area contributed by atoms with Crippen molar-refractivity contribution in [1.82, 2.24) is 4.90 Å². The van der Waals surface area contributed by atoms with Gasteiger partial charge in [0.15, 0.2) is 0 Å². The first kappa shape index (κ1) is 10.5. The number of methoxy groups -OCH3 is 1. The second-order valence-corrected chi connectivity index (χ2v) is 5.91. The first-order valence-electron chi connectivity index (χ1n) is 4.19. The molecule has 1 amide bonds. The van der Waals surface area contributed by atoms with Crippen LogP contribution in [-0.4, -0.2) is 45.9 Å². The normalized spacial score (nSPS) is 27.0. The Morgan fingerprint density at radius 3 is 2.62 bits per heavy atom. The second kappa shape index (κ2) is 3.65. The van der Waals surface area contributed by atoms with E-state index in [1.54, 1.807) is 4.90 Å². The predicted octanol–water partition coefficient (Wildman–Crippen LogP) is 0.596. The van der Waals surface area contributed by atoms with E-state index in [1.807, 2.05) is 13.8 Å². The van der Waals surface area contributed by atoms with Crippen LogP contribution in [0, 0.1) is 0 Å². The molecule has 76 valence electrons. The molecule has 1 aliphatic heterocycles. The lowest BCUT2D eigenvalue weighted by Gasteiger charge is -2.36. The summed E-state index contributed by atoms with van der Waals surface area (Å²) in [5, 5.41) is 0. The number of amides is 1. The van der Waals surface area contributed by atoms with Gasteiger partial charge in [0, 0.05) is 29.6 Å². The molecule has 13 heavy (non-hydrogen) atoms. The third kappa shape index (κ3) is 2.21. The van der Waals surface area contributed by atoms with Crippen molar-refractivity contribution in [2.24, 2.45) is 0 Å². The number of hydrogen-bond acceptors (Lipinski definition) is 3. The van der Waals surface area contributed by atoms with E-state index < -0.39 is 10.8 Å². The van der Waals surface area contributed by atoms with Crippen LogP contribution < -0.4 is 0 Å². The van der Waals surface area contributed by atoms with Crippen molar-refractivity contribution in [3.05, 3.63) is 0 Å². The van der Waals surface area contributed by atoms with Crippen molar-refractivity contribution in [2.45, 2.75) is 18.6 Å². The molecule has 1 unspecified atom stereocenters. The fraction of sp³-hybridized carbons (Fsp3) is 0.875. The largest absolute Gasteiger partial charge is 0.453 e. The molecule has 4 nitrogen and oxygen atoms in total. The Kier molecular flexibility index (Phi) is 2.95. The standard InChI is InChI=1S/C8H15NO3S/c1-8(2)6-9(7(10)12-3)4-5-13(8)11/h4-6H2,1-3H3. The van der Waals surface area contributed by atoms with Crippen LogP contribution in [0.3, 0.4) is 0 Å². The van der Waals surface area contributed by atoms with Gasteiger partial charge in [-0.05, 0) is 13.8 Å². The van der Waals surface area contributed by atoms with E-state index in [-0.39, 0.29) is 10.8 Å². The molecule has 0 aromatic heterocycles. The maximum atomic E-state index is 11.5. The molecule has 0 radical (unpaired) electrons. The molecule has 1 aliphatic rings. The van der Waals surface area contributed by atoms with E-state index in [0.717, 1.165) is 0 Å². The molecule has 0 aromatic rings. The van der Waals surface area contributed by atoms with E-state index in [1.165, 1.54) is 7.11 Å². The topological polar surface area (TPSA) is 46.6 Å². The van der Waals surface area contributed by atoms with E-state index in [0.29, 0.717) is 18.8 Å². The highest BCUT2D eigenvalue weighted by Crippen LogP contribution is 2.20. The molecule has 0 N–H and O–H groups in total. The maximum absolute atomic E-state index is 11.5. The molecule has 1 atom stereocenters. The van der Waals surface area contributed by atoms with Gasteiger partial charge in [-0.25, -0.2) is 4.79 Å². The van der Waals surface area contributed by atoms with E-state index in [9.17, 15) is 9.00 Å². The molecule has 5 heteroatoms. The summed E-state index contributed by atoms with van der Waals surface area (Å²) >= 11 is 0. The van der Waals surface area contributed by atoms with Crippen LogP contribution >= 0.6 is 0 Å². The first-order chi connectivity index (χ1) is 5.97. The van der Waals surface area contributed by atoms with Crippen LogP contribution in [0.4, 0.5) is 4.79 Å². The summed E-state index contributed by atoms with van der Waals surface area (Å²) in [4.78, 5) is 12.8. The number of hydrogen-bond donors (Lipinski definition) is 0. The zero-order chi connectivity index (χ0) is 10.1. The summed E-state index contributed by atoms with van der Waals surface area (Å²) in [5.41, 5.74) is 0. The molecule has 1 fully saturated rings. The molecular weight excluding hydrogens is 190 g/mol. The maximum Gasteiger partial charge on any atom is 0.409 e. The molecule has 0 aliphatic carbocycles. The Morgan fingerprint density at radius 1 is 1.54 bits per heavy atom. The Labute approximate surface area is 80.7 Å². The van der Waals surface area contributed by atoms with Crippen LogP contribution in [0.5, 0.6) is 0 Å². The summed E-state index contributed by atoms with van der Waals surface area (Å²) in [5.74, 6) is 0.544. The Balaban J connectivity index is 2.66. The average Bonchev–Trinajstić information content (AvgIpc) is 2.08. The highest BCUT2D eigenvalue weighted by molar-refractivity contribution is 7.86.